The van der Waals surface area contributed by atoms with Crippen molar-refractivity contribution in [1.82, 2.24) is 9.78 Å². The summed E-state index contributed by atoms with van der Waals surface area (Å²) in [6.07, 6.45) is 11.5. The van der Waals surface area contributed by atoms with E-state index >= 15 is 0 Å². The number of allylic oxidation sites excluding steroid dienone is 4. The standard InChI is InChI=1S/C19H14FN3O2.C6H10.C2H6/c1-22-10-14(9-21-22)12-6-7-13(16(20)8-12)11-23-17-5-3-2-4-15(17)18(24)19(23)25;1-3-5-6-4-2;1-2/h2-10H,11H2,1H3;3-6H,1-2H3;1-2H3/b;5-3-,6-4-;. The van der Waals surface area contributed by atoms with Gasteiger partial charge in [0, 0.05) is 24.4 Å². The molecule has 6 heteroatoms. The van der Waals surface area contributed by atoms with Gasteiger partial charge in [-0.05, 0) is 37.6 Å². The van der Waals surface area contributed by atoms with Gasteiger partial charge in [-0.25, -0.2) is 4.39 Å². The summed E-state index contributed by atoms with van der Waals surface area (Å²) in [5.41, 5.74) is 2.75. The van der Waals surface area contributed by atoms with E-state index in [1.807, 2.05) is 52.0 Å². The lowest BCUT2D eigenvalue weighted by Gasteiger charge is -2.17. The molecule has 0 saturated heterocycles. The molecule has 1 aliphatic heterocycles. The van der Waals surface area contributed by atoms with Crippen LogP contribution in [0.3, 0.4) is 0 Å². The minimum atomic E-state index is -0.628. The first kappa shape index (κ1) is 25.5. The summed E-state index contributed by atoms with van der Waals surface area (Å²) in [7, 11) is 1.79. The summed E-state index contributed by atoms with van der Waals surface area (Å²) >= 11 is 0. The molecular weight excluding hydrogens is 417 g/mol. The van der Waals surface area contributed by atoms with Gasteiger partial charge in [0.05, 0.1) is 24.0 Å². The predicted octanol–water partition coefficient (Wildman–Crippen LogP) is 6.12. The quantitative estimate of drug-likeness (QED) is 0.358. The fraction of sp³-hybridized carbons (Fsp3) is 0.222. The number of halogens is 1. The van der Waals surface area contributed by atoms with E-state index in [0.717, 1.165) is 5.56 Å². The third-order valence-corrected chi connectivity index (χ3v) is 4.79. The van der Waals surface area contributed by atoms with Gasteiger partial charge in [-0.15, -0.1) is 0 Å². The number of anilines is 1. The molecule has 172 valence electrons. The maximum absolute atomic E-state index is 14.5. The molecule has 0 radical (unpaired) electrons. The summed E-state index contributed by atoms with van der Waals surface area (Å²) in [4.78, 5) is 25.6. The second kappa shape index (κ2) is 12.3. The number of carbonyl (C=O) groups is 2. The summed E-state index contributed by atoms with van der Waals surface area (Å²) < 4.78 is 16.2. The molecule has 0 spiro atoms. The number of hydrogen-bond acceptors (Lipinski definition) is 3. The number of aryl methyl sites for hydroxylation is 1. The van der Waals surface area contributed by atoms with Crippen LogP contribution in [0.4, 0.5) is 10.1 Å². The summed E-state index contributed by atoms with van der Waals surface area (Å²) in [5, 5.41) is 4.08. The van der Waals surface area contributed by atoms with Crippen molar-refractivity contribution in [2.24, 2.45) is 7.05 Å². The molecule has 33 heavy (non-hydrogen) atoms. The highest BCUT2D eigenvalue weighted by Crippen LogP contribution is 2.31. The van der Waals surface area contributed by atoms with E-state index in [9.17, 15) is 14.0 Å². The van der Waals surface area contributed by atoms with Crippen LogP contribution in [-0.2, 0) is 18.4 Å². The van der Waals surface area contributed by atoms with Gasteiger partial charge in [-0.1, -0.05) is 62.4 Å². The van der Waals surface area contributed by atoms with Gasteiger partial charge in [0.1, 0.15) is 5.82 Å². The van der Waals surface area contributed by atoms with Crippen LogP contribution >= 0.6 is 0 Å². The Bertz CT molecular complexity index is 1150. The molecule has 0 bridgehead atoms. The molecule has 0 saturated carbocycles. The minimum Gasteiger partial charge on any atom is -0.300 e. The number of Topliss-reactive ketones (excluding diaryl/α,β-unsaturated/α-hetero) is 1. The monoisotopic (exact) mass is 447 g/mol. The van der Waals surface area contributed by atoms with Crippen molar-refractivity contribution < 1.29 is 14.0 Å². The zero-order valence-corrected chi connectivity index (χ0v) is 19.7. The predicted molar refractivity (Wildman–Crippen MR) is 132 cm³/mol. The van der Waals surface area contributed by atoms with Gasteiger partial charge < -0.3 is 4.90 Å². The number of nitrogens with zero attached hydrogens (tertiary/aromatic N) is 3. The van der Waals surface area contributed by atoms with Gasteiger partial charge >= 0.3 is 0 Å². The number of rotatable bonds is 4. The van der Waals surface area contributed by atoms with Gasteiger partial charge in [-0.3, -0.25) is 14.3 Å². The van der Waals surface area contributed by atoms with E-state index in [-0.39, 0.29) is 6.54 Å². The lowest BCUT2D eigenvalue weighted by molar-refractivity contribution is -0.114. The van der Waals surface area contributed by atoms with E-state index in [4.69, 9.17) is 0 Å². The molecule has 5 nitrogen and oxygen atoms in total. The number of ketones is 1. The highest BCUT2D eigenvalue weighted by molar-refractivity contribution is 6.52. The second-order valence-electron chi connectivity index (χ2n) is 7.00. The molecule has 2 aromatic carbocycles. The van der Waals surface area contributed by atoms with Gasteiger partial charge in [0.25, 0.3) is 11.7 Å². The molecule has 0 atom stereocenters. The Morgan fingerprint density at radius 2 is 1.64 bits per heavy atom. The molecular formula is C27H30FN3O2. The normalized spacial score (nSPS) is 12.5. The molecule has 0 fully saturated rings. The molecule has 4 rings (SSSR count). The Labute approximate surface area is 194 Å². The zero-order valence-electron chi connectivity index (χ0n) is 19.7. The molecule has 0 N–H and O–H groups in total. The SMILES string of the molecule is C/C=C\C=C/C.CC.Cn1cc(-c2ccc(CN3C(=O)C(=O)c4ccccc43)c(F)c2)cn1. The van der Waals surface area contributed by atoms with Crippen LogP contribution in [0.2, 0.25) is 0 Å². The van der Waals surface area contributed by atoms with E-state index in [1.165, 1.54) is 11.0 Å². The molecule has 1 aromatic heterocycles. The highest BCUT2D eigenvalue weighted by Gasteiger charge is 2.35. The van der Waals surface area contributed by atoms with Crippen molar-refractivity contribution in [3.8, 4) is 11.1 Å². The third-order valence-electron chi connectivity index (χ3n) is 4.79. The lowest BCUT2D eigenvalue weighted by atomic mass is 10.1. The van der Waals surface area contributed by atoms with E-state index in [2.05, 4.69) is 5.10 Å². The largest absolute Gasteiger partial charge is 0.300 e. The number of carbonyl (C=O) groups excluding carboxylic acids is 2. The molecule has 3 aromatic rings. The average molecular weight is 448 g/mol. The van der Waals surface area contributed by atoms with Crippen molar-refractivity contribution in [3.63, 3.8) is 0 Å². The Balaban J connectivity index is 0.000000421. The van der Waals surface area contributed by atoms with Crippen molar-refractivity contribution in [2.75, 3.05) is 4.90 Å². The summed E-state index contributed by atoms with van der Waals surface area (Å²) in [6.45, 7) is 8.01. The van der Waals surface area contributed by atoms with Crippen LogP contribution < -0.4 is 4.90 Å². The Morgan fingerprint density at radius 1 is 0.970 bits per heavy atom. The number of amides is 1. The number of para-hydroxylation sites is 1. The lowest BCUT2D eigenvalue weighted by Crippen LogP contribution is -2.29. The molecule has 1 aliphatic rings. The van der Waals surface area contributed by atoms with Gasteiger partial charge in [0.2, 0.25) is 0 Å². The molecule has 0 unspecified atom stereocenters. The third kappa shape index (κ3) is 6.13. The maximum Gasteiger partial charge on any atom is 0.299 e. The minimum absolute atomic E-state index is 0.0146. The van der Waals surface area contributed by atoms with Crippen LogP contribution in [0.15, 0.2) is 79.2 Å². The second-order valence-corrected chi connectivity index (χ2v) is 7.00. The Morgan fingerprint density at radius 3 is 2.21 bits per heavy atom. The maximum atomic E-state index is 14.5. The van der Waals surface area contributed by atoms with Gasteiger partial charge in [-0.2, -0.15) is 5.10 Å². The van der Waals surface area contributed by atoms with Crippen LogP contribution in [0, 0.1) is 5.82 Å². The Kier molecular flexibility index (Phi) is 9.48. The molecule has 0 aliphatic carbocycles. The fourth-order valence-electron chi connectivity index (χ4n) is 3.22. The van der Waals surface area contributed by atoms with Crippen LogP contribution in [-0.4, -0.2) is 21.5 Å². The zero-order chi connectivity index (χ0) is 24.4. The van der Waals surface area contributed by atoms with Crippen LogP contribution in [0.1, 0.15) is 43.6 Å². The van der Waals surface area contributed by atoms with Crippen molar-refractivity contribution in [3.05, 3.63) is 96.1 Å². The fourth-order valence-corrected chi connectivity index (χ4v) is 3.22. The van der Waals surface area contributed by atoms with Crippen molar-refractivity contribution in [2.45, 2.75) is 34.2 Å². The van der Waals surface area contributed by atoms with E-state index < -0.39 is 17.5 Å². The first-order valence-electron chi connectivity index (χ1n) is 10.9. The molecule has 1 amide bonds. The first-order valence-corrected chi connectivity index (χ1v) is 10.9. The highest BCUT2D eigenvalue weighted by atomic mass is 19.1. The van der Waals surface area contributed by atoms with E-state index in [0.29, 0.717) is 22.4 Å². The molecule has 2 heterocycles. The van der Waals surface area contributed by atoms with Crippen molar-refractivity contribution >= 4 is 17.4 Å². The summed E-state index contributed by atoms with van der Waals surface area (Å²) in [5.74, 6) is -1.61. The van der Waals surface area contributed by atoms with Crippen LogP contribution in [0.5, 0.6) is 0 Å². The number of benzene rings is 2. The van der Waals surface area contributed by atoms with Crippen LogP contribution in [0.25, 0.3) is 11.1 Å². The summed E-state index contributed by atoms with van der Waals surface area (Å²) in [6, 6.07) is 11.6. The first-order chi connectivity index (χ1) is 16.0. The van der Waals surface area contributed by atoms with E-state index in [1.54, 1.807) is 60.5 Å². The van der Waals surface area contributed by atoms with Crippen molar-refractivity contribution in [1.29, 1.82) is 0 Å². The topological polar surface area (TPSA) is 55.2 Å². The number of aromatic nitrogens is 2. The Hall–Kier alpha value is -3.80. The number of hydrogen-bond donors (Lipinski definition) is 0. The number of fused-ring (bicyclic) bond motifs is 1. The smallest absolute Gasteiger partial charge is 0.299 e. The average Bonchev–Trinajstić information content (AvgIpc) is 3.38. The van der Waals surface area contributed by atoms with Gasteiger partial charge in [0.15, 0.2) is 0 Å².